The van der Waals surface area contributed by atoms with Gasteiger partial charge < -0.3 is 19.5 Å². The number of benzene rings is 2. The molecule has 10 heteroatoms. The summed E-state index contributed by atoms with van der Waals surface area (Å²) in [5.74, 6) is -2.29. The van der Waals surface area contributed by atoms with Crippen molar-refractivity contribution < 1.29 is 22.9 Å². The van der Waals surface area contributed by atoms with E-state index >= 15 is 0 Å². The van der Waals surface area contributed by atoms with Crippen LogP contribution >= 0.6 is 0 Å². The predicted molar refractivity (Wildman–Crippen MR) is 114 cm³/mol. The number of amides is 1. The van der Waals surface area contributed by atoms with Gasteiger partial charge in [0.2, 0.25) is 0 Å². The van der Waals surface area contributed by atoms with Crippen LogP contribution in [0.15, 0.2) is 59.0 Å². The minimum Gasteiger partial charge on any atom is -0.395 e. The highest BCUT2D eigenvalue weighted by atomic mass is 19.1. The van der Waals surface area contributed by atoms with Crippen LogP contribution in [0.2, 0.25) is 0 Å². The average molecular weight is 442 g/mol. The van der Waals surface area contributed by atoms with Crippen LogP contribution in [0.25, 0.3) is 0 Å². The van der Waals surface area contributed by atoms with Crippen LogP contribution in [-0.4, -0.2) is 37.0 Å². The van der Waals surface area contributed by atoms with Crippen molar-refractivity contribution in [3.05, 3.63) is 87.7 Å². The molecule has 0 atom stereocenters. The van der Waals surface area contributed by atoms with Gasteiger partial charge in [-0.3, -0.25) is 14.9 Å². The average Bonchev–Trinajstić information content (AvgIpc) is 3.29. The summed E-state index contributed by atoms with van der Waals surface area (Å²) >= 11 is 0. The fourth-order valence-electron chi connectivity index (χ4n) is 3.59. The number of rotatable bonds is 6. The zero-order chi connectivity index (χ0) is 22.7. The Morgan fingerprint density at radius 1 is 1.00 bits per heavy atom. The third kappa shape index (κ3) is 4.69. The van der Waals surface area contributed by atoms with Gasteiger partial charge in [-0.25, -0.2) is 8.78 Å². The highest BCUT2D eigenvalue weighted by molar-refractivity contribution is 5.91. The van der Waals surface area contributed by atoms with Crippen molar-refractivity contribution in [1.29, 1.82) is 0 Å². The molecular formula is C22H20F2N4O4. The highest BCUT2D eigenvalue weighted by Crippen LogP contribution is 2.24. The Morgan fingerprint density at radius 2 is 1.69 bits per heavy atom. The van der Waals surface area contributed by atoms with E-state index in [1.165, 1.54) is 18.2 Å². The quantitative estimate of drug-likeness (QED) is 0.462. The standard InChI is InChI=1S/C22H20F2N4O4/c23-16-3-6-19(18(24)13-16)27-11-9-26(10-12-27)17-4-1-15(2-5-17)14-25-22(29)20-7-8-21(32-20)28(30)31/h1-8,13H,9-12,14H2,(H,25,29). The maximum Gasteiger partial charge on any atom is 0.433 e. The molecule has 4 rings (SSSR count). The normalized spacial score (nSPS) is 13.8. The maximum absolute atomic E-state index is 14.0. The fraction of sp³-hybridized carbons (Fsp3) is 0.227. The van der Waals surface area contributed by atoms with Crippen molar-refractivity contribution in [3.8, 4) is 0 Å². The Bertz CT molecular complexity index is 1130. The largest absolute Gasteiger partial charge is 0.433 e. The first-order chi connectivity index (χ1) is 15.4. The van der Waals surface area contributed by atoms with Gasteiger partial charge in [0.05, 0.1) is 11.8 Å². The molecule has 0 radical (unpaired) electrons. The van der Waals surface area contributed by atoms with Crippen molar-refractivity contribution in [2.24, 2.45) is 0 Å². The number of nitrogens with zero attached hydrogens (tertiary/aromatic N) is 3. The summed E-state index contributed by atoms with van der Waals surface area (Å²) in [6, 6.07) is 13.6. The number of carbonyl (C=O) groups excluding carboxylic acids is 1. The molecule has 0 saturated carbocycles. The van der Waals surface area contributed by atoms with Gasteiger partial charge in [-0.2, -0.15) is 0 Å². The molecule has 2 aromatic carbocycles. The lowest BCUT2D eigenvalue weighted by Crippen LogP contribution is -2.46. The van der Waals surface area contributed by atoms with Crippen molar-refractivity contribution in [1.82, 2.24) is 5.32 Å². The van der Waals surface area contributed by atoms with Gasteiger partial charge in [0, 0.05) is 44.5 Å². The minimum absolute atomic E-state index is 0.121. The smallest absolute Gasteiger partial charge is 0.395 e. The highest BCUT2D eigenvalue weighted by Gasteiger charge is 2.20. The van der Waals surface area contributed by atoms with E-state index < -0.39 is 28.3 Å². The zero-order valence-corrected chi connectivity index (χ0v) is 17.0. The Kier molecular flexibility index (Phi) is 6.02. The minimum atomic E-state index is -0.703. The number of hydrogen-bond donors (Lipinski definition) is 1. The van der Waals surface area contributed by atoms with Crippen molar-refractivity contribution in [2.75, 3.05) is 36.0 Å². The molecule has 1 fully saturated rings. The van der Waals surface area contributed by atoms with Gasteiger partial charge in [0.1, 0.15) is 16.6 Å². The van der Waals surface area contributed by atoms with E-state index in [1.807, 2.05) is 29.2 Å². The lowest BCUT2D eigenvalue weighted by atomic mass is 10.1. The second-order valence-corrected chi connectivity index (χ2v) is 7.31. The van der Waals surface area contributed by atoms with Crippen molar-refractivity contribution in [2.45, 2.75) is 6.54 Å². The van der Waals surface area contributed by atoms with E-state index in [0.29, 0.717) is 31.9 Å². The predicted octanol–water partition coefficient (Wildman–Crippen LogP) is 3.72. The summed E-state index contributed by atoms with van der Waals surface area (Å²) in [6.07, 6.45) is 0. The van der Waals surface area contributed by atoms with Gasteiger partial charge in [0.15, 0.2) is 5.76 Å². The molecule has 1 aromatic heterocycles. The Labute approximate surface area is 182 Å². The topological polar surface area (TPSA) is 91.9 Å². The summed E-state index contributed by atoms with van der Waals surface area (Å²) in [6.45, 7) is 2.82. The Hall–Kier alpha value is -3.95. The van der Waals surface area contributed by atoms with E-state index in [9.17, 15) is 23.7 Å². The van der Waals surface area contributed by atoms with E-state index in [-0.39, 0.29) is 12.3 Å². The number of halogens is 2. The zero-order valence-electron chi connectivity index (χ0n) is 17.0. The van der Waals surface area contributed by atoms with Crippen LogP contribution in [-0.2, 0) is 6.54 Å². The molecule has 1 aliphatic rings. The SMILES string of the molecule is O=C(NCc1ccc(N2CCN(c3ccc(F)cc3F)CC2)cc1)c1ccc([N+](=O)[O-])o1. The summed E-state index contributed by atoms with van der Waals surface area (Å²) in [5, 5.41) is 13.3. The van der Waals surface area contributed by atoms with E-state index in [1.54, 1.807) is 0 Å². The summed E-state index contributed by atoms with van der Waals surface area (Å²) in [4.78, 5) is 26.1. The fourth-order valence-corrected chi connectivity index (χ4v) is 3.59. The molecule has 1 aliphatic heterocycles. The molecule has 32 heavy (non-hydrogen) atoms. The molecule has 1 amide bonds. The van der Waals surface area contributed by atoms with Gasteiger partial charge in [-0.15, -0.1) is 0 Å². The molecule has 166 valence electrons. The lowest BCUT2D eigenvalue weighted by molar-refractivity contribution is -0.402. The Balaban J connectivity index is 1.30. The monoisotopic (exact) mass is 442 g/mol. The molecule has 1 saturated heterocycles. The molecule has 1 N–H and O–H groups in total. The molecule has 8 nitrogen and oxygen atoms in total. The van der Waals surface area contributed by atoms with E-state index in [2.05, 4.69) is 10.2 Å². The number of furan rings is 1. The number of carbonyl (C=O) groups is 1. The van der Waals surface area contributed by atoms with Crippen molar-refractivity contribution >= 4 is 23.2 Å². The van der Waals surface area contributed by atoms with Crippen LogP contribution in [0.5, 0.6) is 0 Å². The summed E-state index contributed by atoms with van der Waals surface area (Å²) in [5.41, 5.74) is 2.26. The van der Waals surface area contributed by atoms with Crippen LogP contribution in [0, 0.1) is 21.7 Å². The first-order valence-electron chi connectivity index (χ1n) is 9.97. The Morgan fingerprint density at radius 3 is 2.31 bits per heavy atom. The van der Waals surface area contributed by atoms with Crippen LogP contribution in [0.4, 0.5) is 26.0 Å². The van der Waals surface area contributed by atoms with Gasteiger partial charge in [-0.05, 0) is 35.9 Å². The number of anilines is 2. The summed E-state index contributed by atoms with van der Waals surface area (Å²) < 4.78 is 32.0. The van der Waals surface area contributed by atoms with Gasteiger partial charge in [-0.1, -0.05) is 12.1 Å². The van der Waals surface area contributed by atoms with Crippen LogP contribution in [0.1, 0.15) is 16.1 Å². The number of nitro groups is 1. The molecule has 2 heterocycles. The number of nitrogens with one attached hydrogen (secondary N) is 1. The summed E-state index contributed by atoms with van der Waals surface area (Å²) in [7, 11) is 0. The maximum atomic E-state index is 14.0. The molecule has 0 aliphatic carbocycles. The first-order valence-corrected chi connectivity index (χ1v) is 9.97. The molecule has 0 unspecified atom stereocenters. The number of hydrogen-bond acceptors (Lipinski definition) is 6. The van der Waals surface area contributed by atoms with E-state index in [0.717, 1.165) is 23.4 Å². The third-order valence-corrected chi connectivity index (χ3v) is 5.28. The van der Waals surface area contributed by atoms with E-state index in [4.69, 9.17) is 4.42 Å². The van der Waals surface area contributed by atoms with Gasteiger partial charge >= 0.3 is 5.88 Å². The first kappa shape index (κ1) is 21.3. The molecular weight excluding hydrogens is 422 g/mol. The molecule has 0 spiro atoms. The molecule has 3 aromatic rings. The number of piperazine rings is 1. The second-order valence-electron chi connectivity index (χ2n) is 7.31. The third-order valence-electron chi connectivity index (χ3n) is 5.28. The second kappa shape index (κ2) is 9.04. The molecule has 0 bridgehead atoms. The van der Waals surface area contributed by atoms with Crippen LogP contribution < -0.4 is 15.1 Å². The van der Waals surface area contributed by atoms with Crippen LogP contribution in [0.3, 0.4) is 0 Å². The van der Waals surface area contributed by atoms with Gasteiger partial charge in [0.25, 0.3) is 5.91 Å². The van der Waals surface area contributed by atoms with Crippen molar-refractivity contribution in [3.63, 3.8) is 0 Å². The lowest BCUT2D eigenvalue weighted by Gasteiger charge is -2.37.